The van der Waals surface area contributed by atoms with Gasteiger partial charge in [-0.2, -0.15) is 0 Å². The second-order valence-corrected chi connectivity index (χ2v) is 13.6. The first-order valence-corrected chi connectivity index (χ1v) is 19.1. The molecule has 2 aromatic carbocycles. The molecule has 3 aromatic rings. The highest BCUT2D eigenvalue weighted by atomic mass is 16.5. The second-order valence-electron chi connectivity index (χ2n) is 13.6. The summed E-state index contributed by atoms with van der Waals surface area (Å²) in [5.74, 6) is 1.55. The van der Waals surface area contributed by atoms with Gasteiger partial charge in [-0.3, -0.25) is 9.59 Å². The van der Waals surface area contributed by atoms with Crippen molar-refractivity contribution < 1.29 is 28.5 Å². The van der Waals surface area contributed by atoms with Crippen molar-refractivity contribution in [1.82, 2.24) is 15.0 Å². The fraction of sp³-hybridized carbons (Fsp3) is 0.610. The molecule has 0 fully saturated rings. The molecule has 10 heteroatoms. The van der Waals surface area contributed by atoms with Gasteiger partial charge in [0.25, 0.3) is 0 Å². The molecule has 1 unspecified atom stereocenters. The molecule has 1 aliphatic carbocycles. The average Bonchev–Trinajstić information content (AvgIpc) is 3.48. The molecule has 0 bridgehead atoms. The third kappa shape index (κ3) is 11.2. The van der Waals surface area contributed by atoms with Crippen molar-refractivity contribution in [3.8, 4) is 34.1 Å². The number of benzene rings is 1. The number of carbonyl (C=O) groups excluding carboxylic acids is 1. The lowest BCUT2D eigenvalue weighted by molar-refractivity contribution is -0.145. The molecule has 1 heterocycles. The van der Waals surface area contributed by atoms with E-state index in [0.717, 1.165) is 41.5 Å². The highest BCUT2D eigenvalue weighted by Crippen LogP contribution is 2.50. The Labute approximate surface area is 304 Å². The Kier molecular flexibility index (Phi) is 16.6. The van der Waals surface area contributed by atoms with Gasteiger partial charge >= 0.3 is 5.97 Å². The van der Waals surface area contributed by atoms with E-state index >= 15 is 0 Å². The summed E-state index contributed by atoms with van der Waals surface area (Å²) in [5.41, 5.74) is 3.63. The summed E-state index contributed by atoms with van der Waals surface area (Å²) < 4.78 is 29.9. The number of esters is 1. The Morgan fingerprint density at radius 3 is 1.96 bits per heavy atom. The number of hydrogen-bond acceptors (Lipinski definition) is 9. The summed E-state index contributed by atoms with van der Waals surface area (Å²) >= 11 is 0. The molecule has 1 aliphatic rings. The van der Waals surface area contributed by atoms with Crippen LogP contribution in [0.25, 0.3) is 11.1 Å². The molecule has 0 amide bonds. The van der Waals surface area contributed by atoms with Gasteiger partial charge in [0.2, 0.25) is 11.2 Å². The van der Waals surface area contributed by atoms with Crippen LogP contribution in [0.5, 0.6) is 23.0 Å². The van der Waals surface area contributed by atoms with Gasteiger partial charge in [0, 0.05) is 12.0 Å². The summed E-state index contributed by atoms with van der Waals surface area (Å²) in [6.45, 7) is 2.31. The normalized spacial score (nSPS) is 13.5. The van der Waals surface area contributed by atoms with Crippen molar-refractivity contribution in [2.45, 2.75) is 135 Å². The van der Waals surface area contributed by atoms with E-state index in [-0.39, 0.29) is 29.8 Å². The zero-order valence-corrected chi connectivity index (χ0v) is 31.6. The third-order valence-electron chi connectivity index (χ3n) is 9.93. The highest BCUT2D eigenvalue weighted by Gasteiger charge is 2.30. The predicted molar refractivity (Wildman–Crippen MR) is 200 cm³/mol. The molecule has 0 aliphatic heterocycles. The lowest BCUT2D eigenvalue weighted by Crippen LogP contribution is -2.13. The Hall–Kier alpha value is -4.08. The van der Waals surface area contributed by atoms with Gasteiger partial charge in [-0.25, -0.2) is 4.68 Å². The molecule has 1 atom stereocenters. The van der Waals surface area contributed by atoms with Crippen LogP contribution in [-0.2, 0) is 22.6 Å². The van der Waals surface area contributed by atoms with Crippen LogP contribution >= 0.6 is 0 Å². The molecule has 0 radical (unpaired) electrons. The summed E-state index contributed by atoms with van der Waals surface area (Å²) in [6.07, 6.45) is 22.7. The topological polar surface area (TPSA) is 111 Å². The molecule has 10 nitrogen and oxygen atoms in total. The van der Waals surface area contributed by atoms with Gasteiger partial charge in [0.15, 0.2) is 17.2 Å². The molecular weight excluding hydrogens is 646 g/mol. The van der Waals surface area contributed by atoms with Crippen molar-refractivity contribution >= 4 is 5.97 Å². The van der Waals surface area contributed by atoms with E-state index in [1.54, 1.807) is 44.3 Å². The molecule has 4 rings (SSSR count). The summed E-state index contributed by atoms with van der Waals surface area (Å²) in [4.78, 5) is 25.8. The Morgan fingerprint density at radius 2 is 1.37 bits per heavy atom. The van der Waals surface area contributed by atoms with Gasteiger partial charge in [-0.1, -0.05) is 108 Å². The Bertz CT molecular complexity index is 1590. The van der Waals surface area contributed by atoms with Crippen molar-refractivity contribution in [3.63, 3.8) is 0 Å². The van der Waals surface area contributed by atoms with Gasteiger partial charge in [-0.15, -0.1) is 5.10 Å². The van der Waals surface area contributed by atoms with Crippen molar-refractivity contribution in [2.75, 3.05) is 28.4 Å². The molecule has 1 aromatic heterocycles. The first kappa shape index (κ1) is 39.7. The summed E-state index contributed by atoms with van der Waals surface area (Å²) in [6, 6.07) is 6.77. The lowest BCUT2D eigenvalue weighted by Gasteiger charge is -2.19. The Morgan fingerprint density at radius 1 is 0.765 bits per heavy atom. The number of aromatic nitrogens is 3. The van der Waals surface area contributed by atoms with Gasteiger partial charge in [0.05, 0.1) is 40.7 Å². The fourth-order valence-corrected chi connectivity index (χ4v) is 7.12. The van der Waals surface area contributed by atoms with Crippen LogP contribution in [0.2, 0.25) is 0 Å². The van der Waals surface area contributed by atoms with E-state index in [0.29, 0.717) is 42.2 Å². The van der Waals surface area contributed by atoms with E-state index in [2.05, 4.69) is 17.2 Å². The van der Waals surface area contributed by atoms with Gasteiger partial charge in [-0.05, 0) is 54.2 Å². The standard InChI is InChI=1S/C41H59N3O7/c1-6-7-8-9-10-11-12-13-14-15-16-17-18-19-20-21-38(46)51-29-31-28-44(43-42-31)34-24-22-30-26-37(48-3)40(49-4)41(50-5)39(30)32-23-25-36(47-2)35(45)27-33(32)34/h23,25-28,34H,6-22,24,29H2,1-5H3. The van der Waals surface area contributed by atoms with Crippen LogP contribution in [-0.4, -0.2) is 49.4 Å². The second kappa shape index (κ2) is 21.3. The quantitative estimate of drug-likeness (QED) is 0.0704. The minimum atomic E-state index is -0.337. The lowest BCUT2D eigenvalue weighted by atomic mass is 9.95. The fourth-order valence-electron chi connectivity index (χ4n) is 7.12. The van der Waals surface area contributed by atoms with Crippen LogP contribution in [0.4, 0.5) is 0 Å². The maximum atomic E-state index is 13.2. The zero-order valence-electron chi connectivity index (χ0n) is 31.6. The molecular formula is C41H59N3O7. The van der Waals surface area contributed by atoms with E-state index in [4.69, 9.17) is 23.7 Å². The smallest absolute Gasteiger partial charge is 0.306 e. The number of carbonyl (C=O) groups is 1. The molecule has 0 saturated carbocycles. The number of unbranched alkanes of at least 4 members (excludes halogenated alkanes) is 14. The predicted octanol–water partition coefficient (Wildman–Crippen LogP) is 9.18. The number of aryl methyl sites for hydroxylation is 1. The first-order chi connectivity index (χ1) is 24.9. The van der Waals surface area contributed by atoms with Crippen molar-refractivity contribution in [2.24, 2.45) is 0 Å². The van der Waals surface area contributed by atoms with E-state index in [1.165, 1.54) is 84.2 Å². The molecule has 0 N–H and O–H groups in total. The molecule has 280 valence electrons. The number of hydrogen-bond donors (Lipinski definition) is 0. The van der Waals surface area contributed by atoms with E-state index in [9.17, 15) is 9.59 Å². The van der Waals surface area contributed by atoms with Crippen LogP contribution in [0.15, 0.2) is 35.3 Å². The third-order valence-corrected chi connectivity index (χ3v) is 9.93. The maximum absolute atomic E-state index is 13.2. The number of nitrogens with zero attached hydrogens (tertiary/aromatic N) is 3. The van der Waals surface area contributed by atoms with Crippen LogP contribution in [0.3, 0.4) is 0 Å². The van der Waals surface area contributed by atoms with Crippen molar-refractivity contribution in [1.29, 1.82) is 0 Å². The van der Waals surface area contributed by atoms with E-state index in [1.807, 2.05) is 12.1 Å². The Balaban J connectivity index is 1.29. The first-order valence-electron chi connectivity index (χ1n) is 19.1. The van der Waals surface area contributed by atoms with Crippen LogP contribution in [0, 0.1) is 0 Å². The van der Waals surface area contributed by atoms with Crippen LogP contribution < -0.4 is 24.4 Å². The maximum Gasteiger partial charge on any atom is 0.306 e. The minimum absolute atomic E-state index is 0.0444. The van der Waals surface area contributed by atoms with E-state index < -0.39 is 0 Å². The minimum Gasteiger partial charge on any atom is -0.493 e. The molecule has 51 heavy (non-hydrogen) atoms. The zero-order chi connectivity index (χ0) is 36.4. The average molecular weight is 706 g/mol. The van der Waals surface area contributed by atoms with Crippen LogP contribution in [0.1, 0.15) is 139 Å². The van der Waals surface area contributed by atoms with Gasteiger partial charge < -0.3 is 23.7 Å². The van der Waals surface area contributed by atoms with Crippen molar-refractivity contribution in [3.05, 3.63) is 57.5 Å². The number of rotatable bonds is 23. The monoisotopic (exact) mass is 705 g/mol. The highest BCUT2D eigenvalue weighted by molar-refractivity contribution is 5.82. The number of ether oxygens (including phenoxy) is 5. The SMILES string of the molecule is CCCCCCCCCCCCCCCCCC(=O)OCc1cn(C2CCc3cc(OC)c(OC)c(OC)c3-c3ccc(OC)c(=O)cc32)nn1. The number of fused-ring (bicyclic) bond motifs is 3. The van der Waals surface area contributed by atoms with Gasteiger partial charge in [0.1, 0.15) is 12.3 Å². The summed E-state index contributed by atoms with van der Waals surface area (Å²) in [5, 5.41) is 8.75. The number of methoxy groups -OCH3 is 4. The molecule has 0 saturated heterocycles. The molecule has 0 spiro atoms. The largest absolute Gasteiger partial charge is 0.493 e. The summed E-state index contributed by atoms with van der Waals surface area (Å²) in [7, 11) is 6.23.